The van der Waals surface area contributed by atoms with Crippen molar-refractivity contribution in [2.75, 3.05) is 40.9 Å². The van der Waals surface area contributed by atoms with Crippen LogP contribution in [0.4, 0.5) is 0 Å². The summed E-state index contributed by atoms with van der Waals surface area (Å²) in [6.07, 6.45) is 91.2. The first kappa shape index (κ1) is 87.5. The Balaban J connectivity index is 3.85. The van der Waals surface area contributed by atoms with Crippen LogP contribution >= 0.6 is 7.82 Å². The highest BCUT2D eigenvalue weighted by atomic mass is 31.2. The second-order valence-electron chi connectivity index (χ2n) is 29.5. The number of hydrogen-bond acceptors (Lipinski definition) is 5. The van der Waals surface area contributed by atoms with E-state index in [-0.39, 0.29) is 19.1 Å². The van der Waals surface area contributed by atoms with E-state index >= 15 is 0 Å². The number of nitrogens with one attached hydrogen (secondary N) is 1. The lowest BCUT2D eigenvalue weighted by atomic mass is 10.0. The first-order chi connectivity index (χ1) is 43.0. The molecule has 0 aromatic rings. The highest BCUT2D eigenvalue weighted by Crippen LogP contribution is 2.43. The molecular weight excluding hydrogens is 1100 g/mol. The molecule has 0 fully saturated rings. The van der Waals surface area contributed by atoms with Crippen molar-refractivity contribution in [2.45, 2.75) is 463 Å². The summed E-state index contributed by atoms with van der Waals surface area (Å²) in [7, 11) is 1.65. The molecule has 1 amide bonds. The lowest BCUT2D eigenvalue weighted by Crippen LogP contribution is -2.46. The number of nitrogens with zero attached hydrogens (tertiary/aromatic N) is 1. The van der Waals surface area contributed by atoms with Crippen LogP contribution in [-0.4, -0.2) is 73.4 Å². The van der Waals surface area contributed by atoms with E-state index < -0.39 is 20.0 Å². The maximum absolute atomic E-state index is 13.1. The fraction of sp³-hybridized carbons (Fsp3) is 0.987. The van der Waals surface area contributed by atoms with Gasteiger partial charge in [0, 0.05) is 6.42 Å². The Bertz CT molecular complexity index is 1390. The van der Waals surface area contributed by atoms with Gasteiger partial charge in [0.25, 0.3) is 0 Å². The van der Waals surface area contributed by atoms with Crippen LogP contribution in [0.25, 0.3) is 0 Å². The van der Waals surface area contributed by atoms with Gasteiger partial charge in [-0.2, -0.15) is 0 Å². The van der Waals surface area contributed by atoms with Crippen LogP contribution in [0.3, 0.4) is 0 Å². The molecule has 0 aromatic heterocycles. The molecule has 0 spiro atoms. The Labute approximate surface area is 552 Å². The van der Waals surface area contributed by atoms with Crippen LogP contribution in [0.5, 0.6) is 0 Å². The third kappa shape index (κ3) is 72.9. The monoisotopic (exact) mass is 1270 g/mol. The molecule has 0 aliphatic carbocycles. The first-order valence-electron chi connectivity index (χ1n) is 40.4. The summed E-state index contributed by atoms with van der Waals surface area (Å²) in [5.41, 5.74) is 0. The average Bonchev–Trinajstić information content (AvgIpc) is 3.71. The van der Waals surface area contributed by atoms with Crippen LogP contribution in [0.1, 0.15) is 450 Å². The third-order valence-electron chi connectivity index (χ3n) is 19.4. The summed E-state index contributed by atoms with van der Waals surface area (Å²) in [6, 6.07) is -0.758. The van der Waals surface area contributed by atoms with Crippen LogP contribution < -0.4 is 5.32 Å². The maximum atomic E-state index is 13.1. The van der Waals surface area contributed by atoms with Crippen molar-refractivity contribution in [3.8, 4) is 0 Å². The minimum Gasteiger partial charge on any atom is -0.391 e. The Hall–Kier alpha value is -0.500. The topological polar surface area (TPSA) is 105 Å². The van der Waals surface area contributed by atoms with E-state index in [1.54, 1.807) is 0 Å². The van der Waals surface area contributed by atoms with E-state index in [2.05, 4.69) is 19.2 Å². The molecule has 0 heterocycles. The van der Waals surface area contributed by atoms with Crippen molar-refractivity contribution in [3.05, 3.63) is 0 Å². The summed E-state index contributed by atoms with van der Waals surface area (Å²) >= 11 is 0. The number of aliphatic hydroxyl groups excluding tert-OH is 1. The van der Waals surface area contributed by atoms with Gasteiger partial charge in [-0.1, -0.05) is 431 Å². The van der Waals surface area contributed by atoms with Crippen molar-refractivity contribution in [3.63, 3.8) is 0 Å². The molecule has 0 rings (SSSR count). The zero-order valence-corrected chi connectivity index (χ0v) is 61.7. The van der Waals surface area contributed by atoms with Crippen LogP contribution in [0.15, 0.2) is 0 Å². The number of amides is 1. The quantitative estimate of drug-likeness (QED) is 0.0318. The summed E-state index contributed by atoms with van der Waals surface area (Å²) in [4.78, 5) is 23.5. The zero-order chi connectivity index (χ0) is 64.1. The standard InChI is InChI=1S/C79H161N2O6P/c1-6-8-10-12-14-16-18-20-22-24-26-28-30-32-34-35-36-37-38-39-40-41-42-43-44-45-46-47-49-51-53-55-57-59-61-63-65-67-69-71-73-79(83)80-77(76-87-88(84,85)86-75-74-81(3,4)5)78(82)72-70-68-66-64-62-60-58-56-54-52-50-48-33-31-29-27-25-23-21-19-17-15-13-11-9-7-2/h77-78,82H,6-76H2,1-5H3,(H-,80,83,84,85)/p+1. The first-order valence-corrected chi connectivity index (χ1v) is 41.9. The Morgan fingerprint density at radius 1 is 0.341 bits per heavy atom. The average molecular weight is 1270 g/mol. The van der Waals surface area contributed by atoms with Crippen LogP contribution in [-0.2, 0) is 18.4 Å². The molecule has 8 nitrogen and oxygen atoms in total. The van der Waals surface area contributed by atoms with E-state index in [0.29, 0.717) is 23.9 Å². The highest BCUT2D eigenvalue weighted by molar-refractivity contribution is 7.47. The van der Waals surface area contributed by atoms with Gasteiger partial charge in [0.05, 0.1) is 39.9 Å². The number of unbranched alkanes of at least 4 members (excludes halogenated alkanes) is 64. The largest absolute Gasteiger partial charge is 0.472 e. The van der Waals surface area contributed by atoms with E-state index in [1.165, 1.54) is 385 Å². The lowest BCUT2D eigenvalue weighted by molar-refractivity contribution is -0.870. The van der Waals surface area contributed by atoms with Gasteiger partial charge >= 0.3 is 7.82 Å². The fourth-order valence-corrected chi connectivity index (χ4v) is 13.9. The number of carbonyl (C=O) groups excluding carboxylic acids is 1. The number of rotatable bonds is 77. The molecule has 3 unspecified atom stereocenters. The molecule has 0 saturated carbocycles. The number of hydrogen-bond donors (Lipinski definition) is 3. The highest BCUT2D eigenvalue weighted by Gasteiger charge is 2.28. The second kappa shape index (κ2) is 70.8. The third-order valence-corrected chi connectivity index (χ3v) is 20.3. The lowest BCUT2D eigenvalue weighted by Gasteiger charge is -2.26. The van der Waals surface area contributed by atoms with Gasteiger partial charge < -0.3 is 19.8 Å². The van der Waals surface area contributed by atoms with Crippen molar-refractivity contribution in [1.82, 2.24) is 5.32 Å². The number of phosphoric ester groups is 1. The maximum Gasteiger partial charge on any atom is 0.472 e. The van der Waals surface area contributed by atoms with Gasteiger partial charge in [-0.3, -0.25) is 13.8 Å². The minimum atomic E-state index is -4.33. The van der Waals surface area contributed by atoms with Crippen molar-refractivity contribution in [2.24, 2.45) is 0 Å². The molecule has 0 aromatic carbocycles. The van der Waals surface area contributed by atoms with Gasteiger partial charge in [-0.05, 0) is 12.8 Å². The predicted molar refractivity (Wildman–Crippen MR) is 388 cm³/mol. The Morgan fingerprint density at radius 2 is 0.545 bits per heavy atom. The molecular formula is C79H162N2O6P+. The Kier molecular flexibility index (Phi) is 70.4. The van der Waals surface area contributed by atoms with E-state index in [0.717, 1.165) is 38.5 Å². The number of aliphatic hydroxyl groups is 1. The van der Waals surface area contributed by atoms with Crippen molar-refractivity contribution in [1.29, 1.82) is 0 Å². The van der Waals surface area contributed by atoms with Crippen molar-refractivity contribution < 1.29 is 32.9 Å². The van der Waals surface area contributed by atoms with Crippen LogP contribution in [0.2, 0.25) is 0 Å². The molecule has 0 aliphatic heterocycles. The second-order valence-corrected chi connectivity index (χ2v) is 31.0. The number of likely N-dealkylation sites (N-methyl/N-ethyl adjacent to an activating group) is 1. The van der Waals surface area contributed by atoms with E-state index in [1.807, 2.05) is 21.1 Å². The van der Waals surface area contributed by atoms with Gasteiger partial charge in [-0.25, -0.2) is 4.57 Å². The Morgan fingerprint density at radius 3 is 0.761 bits per heavy atom. The van der Waals surface area contributed by atoms with Gasteiger partial charge in [0.1, 0.15) is 13.2 Å². The summed E-state index contributed by atoms with van der Waals surface area (Å²) in [6.45, 7) is 4.98. The van der Waals surface area contributed by atoms with Gasteiger partial charge in [-0.15, -0.1) is 0 Å². The molecule has 0 aliphatic rings. The molecule has 0 saturated heterocycles. The summed E-state index contributed by atoms with van der Waals surface area (Å²) in [5, 5.41) is 14.2. The smallest absolute Gasteiger partial charge is 0.391 e. The molecule has 88 heavy (non-hydrogen) atoms. The molecule has 528 valence electrons. The number of phosphoric acid groups is 1. The molecule has 3 atom stereocenters. The van der Waals surface area contributed by atoms with E-state index in [4.69, 9.17) is 9.05 Å². The van der Waals surface area contributed by atoms with E-state index in [9.17, 15) is 19.4 Å². The zero-order valence-electron chi connectivity index (χ0n) is 60.8. The molecule has 3 N–H and O–H groups in total. The van der Waals surface area contributed by atoms with Crippen LogP contribution in [0, 0.1) is 0 Å². The molecule has 0 radical (unpaired) electrons. The SMILES string of the molecule is CCCCCCCCCCCCCCCCCCCCCCCCCCCCCCCCCCCCCCCCCCC(=O)NC(COP(=O)(O)OCC[N+](C)(C)C)C(O)CCCCCCCCCCCCCCCCCCCCCCCCCCCC. The summed E-state index contributed by atoms with van der Waals surface area (Å²) < 4.78 is 24.0. The molecule has 9 heteroatoms. The number of quaternary nitrogens is 1. The molecule has 0 bridgehead atoms. The normalized spacial score (nSPS) is 13.4. The van der Waals surface area contributed by atoms with Gasteiger partial charge in [0.2, 0.25) is 5.91 Å². The fourth-order valence-electron chi connectivity index (χ4n) is 13.1. The summed E-state index contributed by atoms with van der Waals surface area (Å²) in [5.74, 6) is -0.131. The van der Waals surface area contributed by atoms with Crippen molar-refractivity contribution >= 4 is 13.7 Å². The minimum absolute atomic E-state index is 0.0796. The number of carbonyl (C=O) groups is 1. The predicted octanol–water partition coefficient (Wildman–Crippen LogP) is 26.2. The van der Waals surface area contributed by atoms with Gasteiger partial charge in [0.15, 0.2) is 0 Å².